The summed E-state index contributed by atoms with van der Waals surface area (Å²) in [6.07, 6.45) is 5.00. The van der Waals surface area contributed by atoms with Gasteiger partial charge in [-0.3, -0.25) is 0 Å². The van der Waals surface area contributed by atoms with Crippen LogP contribution < -0.4 is 10.1 Å². The molecule has 2 rings (SSSR count). The zero-order valence-corrected chi connectivity index (χ0v) is 12.3. The molecule has 2 atom stereocenters. The molecular weight excluding hydrogens is 234 g/mol. The maximum atomic E-state index is 5.64. The van der Waals surface area contributed by atoms with E-state index in [0.717, 1.165) is 37.2 Å². The minimum absolute atomic E-state index is 0.754. The van der Waals surface area contributed by atoms with E-state index in [4.69, 9.17) is 4.74 Å². The first-order valence-corrected chi connectivity index (χ1v) is 7.78. The molecule has 0 amide bonds. The lowest BCUT2D eigenvalue weighted by molar-refractivity contribution is 0.246. The number of hydrogen-bond donors (Lipinski definition) is 1. The largest absolute Gasteiger partial charge is 0.494 e. The predicted molar refractivity (Wildman–Crippen MR) is 80.9 cm³/mol. The number of hydrogen-bond acceptors (Lipinski definition) is 2. The van der Waals surface area contributed by atoms with Crippen LogP contribution in [0.5, 0.6) is 5.75 Å². The fourth-order valence-corrected chi connectivity index (χ4v) is 2.75. The summed E-state index contributed by atoms with van der Waals surface area (Å²) in [7, 11) is 0. The Morgan fingerprint density at radius 3 is 2.47 bits per heavy atom. The van der Waals surface area contributed by atoms with Crippen LogP contribution in [0.1, 0.15) is 51.0 Å². The first-order valence-electron chi connectivity index (χ1n) is 7.78. The first kappa shape index (κ1) is 14.4. The molecule has 0 bridgehead atoms. The van der Waals surface area contributed by atoms with Crippen molar-refractivity contribution in [2.45, 2.75) is 45.4 Å². The summed E-state index contributed by atoms with van der Waals surface area (Å²) in [5, 5.41) is 3.55. The smallest absolute Gasteiger partial charge is 0.119 e. The van der Waals surface area contributed by atoms with Crippen molar-refractivity contribution in [3.8, 4) is 5.75 Å². The summed E-state index contributed by atoms with van der Waals surface area (Å²) in [6, 6.07) is 8.75. The monoisotopic (exact) mass is 261 g/mol. The van der Waals surface area contributed by atoms with Gasteiger partial charge in [0.05, 0.1) is 6.61 Å². The van der Waals surface area contributed by atoms with Crippen LogP contribution in [0.4, 0.5) is 0 Å². The van der Waals surface area contributed by atoms with Crippen LogP contribution in [0.25, 0.3) is 0 Å². The Hall–Kier alpha value is -1.02. The van der Waals surface area contributed by atoms with Crippen molar-refractivity contribution in [3.05, 3.63) is 29.8 Å². The standard InChI is InChI=1S/C17H27NO/c1-3-11-18-13-15-7-10-17(15)14-5-8-16(9-6-14)19-12-4-2/h5-6,8-9,15,17-18H,3-4,7,10-13H2,1-2H3. The highest BCUT2D eigenvalue weighted by Gasteiger charge is 2.31. The van der Waals surface area contributed by atoms with Gasteiger partial charge in [0.2, 0.25) is 0 Å². The quantitative estimate of drug-likeness (QED) is 0.715. The lowest BCUT2D eigenvalue weighted by atomic mass is 9.70. The van der Waals surface area contributed by atoms with Crippen molar-refractivity contribution in [2.75, 3.05) is 19.7 Å². The van der Waals surface area contributed by atoms with Gasteiger partial charge >= 0.3 is 0 Å². The van der Waals surface area contributed by atoms with E-state index in [1.807, 2.05) is 0 Å². The molecule has 2 heteroatoms. The summed E-state index contributed by atoms with van der Waals surface area (Å²) in [5.74, 6) is 2.59. The Labute approximate surface area is 117 Å². The van der Waals surface area contributed by atoms with Crippen LogP contribution in [-0.4, -0.2) is 19.7 Å². The van der Waals surface area contributed by atoms with Crippen LogP contribution in [0.15, 0.2) is 24.3 Å². The molecule has 0 heterocycles. The highest BCUT2D eigenvalue weighted by atomic mass is 16.5. The third-order valence-corrected chi connectivity index (χ3v) is 4.03. The van der Waals surface area contributed by atoms with E-state index in [9.17, 15) is 0 Å². The van der Waals surface area contributed by atoms with E-state index < -0.39 is 0 Å². The Balaban J connectivity index is 1.84. The van der Waals surface area contributed by atoms with Crippen LogP contribution in [0.3, 0.4) is 0 Å². The summed E-state index contributed by atoms with van der Waals surface area (Å²) in [4.78, 5) is 0. The van der Waals surface area contributed by atoms with Gasteiger partial charge < -0.3 is 10.1 Å². The van der Waals surface area contributed by atoms with Gasteiger partial charge in [-0.05, 0) is 68.3 Å². The Kier molecular flexibility index (Phi) is 5.71. The zero-order valence-electron chi connectivity index (χ0n) is 12.3. The molecule has 19 heavy (non-hydrogen) atoms. The second-order valence-electron chi connectivity index (χ2n) is 5.57. The third kappa shape index (κ3) is 3.97. The van der Waals surface area contributed by atoms with Crippen molar-refractivity contribution < 1.29 is 4.74 Å². The Bertz CT molecular complexity index is 360. The average molecular weight is 261 g/mol. The van der Waals surface area contributed by atoms with Crippen molar-refractivity contribution in [3.63, 3.8) is 0 Å². The van der Waals surface area contributed by atoms with Gasteiger partial charge in [0, 0.05) is 0 Å². The fraction of sp³-hybridized carbons (Fsp3) is 0.647. The Morgan fingerprint density at radius 1 is 1.11 bits per heavy atom. The van der Waals surface area contributed by atoms with Crippen LogP contribution in [-0.2, 0) is 0 Å². The van der Waals surface area contributed by atoms with E-state index in [2.05, 4.69) is 43.4 Å². The van der Waals surface area contributed by atoms with Gasteiger partial charge in [0.1, 0.15) is 5.75 Å². The van der Waals surface area contributed by atoms with Crippen LogP contribution in [0, 0.1) is 5.92 Å². The summed E-state index contributed by atoms with van der Waals surface area (Å²) in [5.41, 5.74) is 1.48. The van der Waals surface area contributed by atoms with Crippen molar-refractivity contribution >= 4 is 0 Å². The second kappa shape index (κ2) is 7.54. The highest BCUT2D eigenvalue weighted by Crippen LogP contribution is 2.42. The molecule has 0 aromatic heterocycles. The Morgan fingerprint density at radius 2 is 1.89 bits per heavy atom. The molecule has 0 spiro atoms. The normalized spacial score (nSPS) is 22.0. The minimum Gasteiger partial charge on any atom is -0.494 e. The molecular formula is C17H27NO. The van der Waals surface area contributed by atoms with Gasteiger partial charge in [0.25, 0.3) is 0 Å². The van der Waals surface area contributed by atoms with Crippen LogP contribution in [0.2, 0.25) is 0 Å². The minimum atomic E-state index is 0.754. The molecule has 0 aliphatic heterocycles. The molecule has 1 aromatic rings. The molecule has 1 aliphatic rings. The molecule has 0 saturated heterocycles. The van der Waals surface area contributed by atoms with E-state index in [1.54, 1.807) is 0 Å². The van der Waals surface area contributed by atoms with E-state index >= 15 is 0 Å². The van der Waals surface area contributed by atoms with Gasteiger partial charge in [-0.2, -0.15) is 0 Å². The summed E-state index contributed by atoms with van der Waals surface area (Å²) < 4.78 is 5.64. The molecule has 1 aromatic carbocycles. The molecule has 2 nitrogen and oxygen atoms in total. The van der Waals surface area contributed by atoms with E-state index in [-0.39, 0.29) is 0 Å². The number of ether oxygens (including phenoxy) is 1. The van der Waals surface area contributed by atoms with Crippen LogP contribution >= 0.6 is 0 Å². The highest BCUT2D eigenvalue weighted by molar-refractivity contribution is 5.31. The third-order valence-electron chi connectivity index (χ3n) is 4.03. The van der Waals surface area contributed by atoms with Crippen molar-refractivity contribution in [2.24, 2.45) is 5.92 Å². The van der Waals surface area contributed by atoms with Gasteiger partial charge in [-0.25, -0.2) is 0 Å². The SMILES string of the molecule is CCCNCC1CCC1c1ccc(OCCC)cc1. The molecule has 1 aliphatic carbocycles. The van der Waals surface area contributed by atoms with Crippen molar-refractivity contribution in [1.82, 2.24) is 5.32 Å². The first-order chi connectivity index (χ1) is 9.35. The van der Waals surface area contributed by atoms with Crippen molar-refractivity contribution in [1.29, 1.82) is 0 Å². The fourth-order valence-electron chi connectivity index (χ4n) is 2.75. The average Bonchev–Trinajstić information content (AvgIpc) is 2.41. The number of benzene rings is 1. The summed E-state index contributed by atoms with van der Waals surface area (Å²) in [6.45, 7) is 7.49. The van der Waals surface area contributed by atoms with Gasteiger partial charge in [-0.15, -0.1) is 0 Å². The lowest BCUT2D eigenvalue weighted by Crippen LogP contribution is -2.34. The number of rotatable bonds is 8. The lowest BCUT2D eigenvalue weighted by Gasteiger charge is -2.37. The van der Waals surface area contributed by atoms with Gasteiger partial charge in [-0.1, -0.05) is 26.0 Å². The molecule has 0 radical (unpaired) electrons. The molecule has 2 unspecified atom stereocenters. The molecule has 1 fully saturated rings. The predicted octanol–water partition coefficient (Wildman–Crippen LogP) is 3.97. The maximum Gasteiger partial charge on any atom is 0.119 e. The molecule has 106 valence electrons. The zero-order chi connectivity index (χ0) is 13.5. The number of nitrogens with one attached hydrogen (secondary N) is 1. The summed E-state index contributed by atoms with van der Waals surface area (Å²) >= 11 is 0. The molecule has 1 saturated carbocycles. The van der Waals surface area contributed by atoms with E-state index in [0.29, 0.717) is 0 Å². The second-order valence-corrected chi connectivity index (χ2v) is 5.57. The van der Waals surface area contributed by atoms with Gasteiger partial charge in [0.15, 0.2) is 0 Å². The molecule has 1 N–H and O–H groups in total. The maximum absolute atomic E-state index is 5.64. The van der Waals surface area contributed by atoms with E-state index in [1.165, 1.54) is 31.4 Å². The topological polar surface area (TPSA) is 21.3 Å².